The zero-order chi connectivity index (χ0) is 19.6. The van der Waals surface area contributed by atoms with Gasteiger partial charge in [-0.15, -0.1) is 0 Å². The van der Waals surface area contributed by atoms with E-state index in [1.807, 2.05) is 0 Å². The van der Waals surface area contributed by atoms with Crippen molar-refractivity contribution in [3.63, 3.8) is 0 Å². The summed E-state index contributed by atoms with van der Waals surface area (Å²) < 4.78 is 4.99. The summed E-state index contributed by atoms with van der Waals surface area (Å²) in [5.41, 5.74) is 7.53. The summed E-state index contributed by atoms with van der Waals surface area (Å²) in [6.07, 6.45) is 0.951. The smallest absolute Gasteiger partial charge is 0.293 e. The van der Waals surface area contributed by atoms with Gasteiger partial charge in [0.2, 0.25) is 5.91 Å². The topological polar surface area (TPSA) is 140 Å². The van der Waals surface area contributed by atoms with Gasteiger partial charge in [-0.2, -0.15) is 0 Å². The van der Waals surface area contributed by atoms with Crippen LogP contribution in [0, 0.1) is 10.1 Å². The number of aromatic amines is 1. The number of rotatable bonds is 7. The van der Waals surface area contributed by atoms with Crippen molar-refractivity contribution in [1.29, 1.82) is 0 Å². The molecule has 0 saturated carbocycles. The maximum absolute atomic E-state index is 11.4. The van der Waals surface area contributed by atoms with E-state index in [4.69, 9.17) is 10.5 Å². The molecule has 0 radical (unpaired) electrons. The first-order valence-corrected chi connectivity index (χ1v) is 7.96. The SMILES string of the molecule is CC(OC=O)c1c[nH]c2c([N+](=O)[O-])ccc(Nc3cccc(C(N)=O)c3)c12. The van der Waals surface area contributed by atoms with Gasteiger partial charge in [0.15, 0.2) is 0 Å². The van der Waals surface area contributed by atoms with Crippen LogP contribution in [-0.2, 0) is 9.53 Å². The minimum Gasteiger partial charge on any atom is -0.460 e. The number of carbonyl (C=O) groups excluding carboxylic acids is 2. The van der Waals surface area contributed by atoms with Crippen molar-refractivity contribution in [3.05, 3.63) is 63.8 Å². The number of hydrogen-bond donors (Lipinski definition) is 3. The molecule has 0 aliphatic heterocycles. The molecule has 4 N–H and O–H groups in total. The number of nitro benzene ring substituents is 1. The number of aromatic nitrogens is 1. The Balaban J connectivity index is 2.14. The Labute approximate surface area is 153 Å². The van der Waals surface area contributed by atoms with E-state index in [2.05, 4.69) is 10.3 Å². The Hall–Kier alpha value is -3.88. The molecule has 2 aromatic carbocycles. The van der Waals surface area contributed by atoms with Gasteiger partial charge in [0.05, 0.1) is 4.92 Å². The number of benzene rings is 2. The number of H-pyrrole nitrogens is 1. The van der Waals surface area contributed by atoms with Crippen molar-refractivity contribution in [3.8, 4) is 0 Å². The van der Waals surface area contributed by atoms with Crippen LogP contribution < -0.4 is 11.1 Å². The first-order valence-electron chi connectivity index (χ1n) is 7.96. The van der Waals surface area contributed by atoms with Crippen molar-refractivity contribution >= 4 is 40.3 Å². The van der Waals surface area contributed by atoms with Crippen LogP contribution in [0.4, 0.5) is 17.1 Å². The molecule has 1 heterocycles. The Bertz CT molecular complexity index is 1040. The van der Waals surface area contributed by atoms with E-state index < -0.39 is 16.9 Å². The van der Waals surface area contributed by atoms with Crippen LogP contribution >= 0.6 is 0 Å². The number of carbonyl (C=O) groups is 2. The third kappa shape index (κ3) is 3.43. The molecular weight excluding hydrogens is 352 g/mol. The maximum atomic E-state index is 11.4. The number of primary amides is 1. The normalized spacial score (nSPS) is 11.7. The van der Waals surface area contributed by atoms with E-state index >= 15 is 0 Å². The summed E-state index contributed by atoms with van der Waals surface area (Å²) >= 11 is 0. The van der Waals surface area contributed by atoms with Crippen molar-refractivity contribution in [2.75, 3.05) is 5.32 Å². The van der Waals surface area contributed by atoms with Crippen LogP contribution in [0.1, 0.15) is 28.9 Å². The van der Waals surface area contributed by atoms with Crippen LogP contribution in [0.5, 0.6) is 0 Å². The second kappa shape index (κ2) is 7.16. The van der Waals surface area contributed by atoms with Crippen molar-refractivity contribution in [2.24, 2.45) is 5.73 Å². The summed E-state index contributed by atoms with van der Waals surface area (Å²) in [4.78, 5) is 35.8. The fourth-order valence-corrected chi connectivity index (χ4v) is 2.90. The first-order chi connectivity index (χ1) is 12.9. The maximum Gasteiger partial charge on any atom is 0.293 e. The molecule has 1 atom stereocenters. The Kier molecular flexibility index (Phi) is 4.75. The van der Waals surface area contributed by atoms with Gasteiger partial charge >= 0.3 is 0 Å². The lowest BCUT2D eigenvalue weighted by Crippen LogP contribution is -2.10. The average Bonchev–Trinajstić information content (AvgIpc) is 3.07. The van der Waals surface area contributed by atoms with Crippen LogP contribution in [-0.4, -0.2) is 22.3 Å². The highest BCUT2D eigenvalue weighted by Gasteiger charge is 2.22. The Morgan fingerprint density at radius 1 is 1.37 bits per heavy atom. The number of nitrogens with two attached hydrogens (primary N) is 1. The number of non-ortho nitro benzene ring substituents is 1. The number of amides is 1. The summed E-state index contributed by atoms with van der Waals surface area (Å²) in [6.45, 7) is 1.98. The van der Waals surface area contributed by atoms with Gasteiger partial charge in [0.1, 0.15) is 11.6 Å². The number of nitrogens with one attached hydrogen (secondary N) is 2. The summed E-state index contributed by atoms with van der Waals surface area (Å²) in [7, 11) is 0. The van der Waals surface area contributed by atoms with Crippen molar-refractivity contribution in [2.45, 2.75) is 13.0 Å². The predicted molar refractivity (Wildman–Crippen MR) is 98.8 cm³/mol. The fraction of sp³-hybridized carbons (Fsp3) is 0.111. The molecule has 0 bridgehead atoms. The van der Waals surface area contributed by atoms with Crippen LogP contribution in [0.25, 0.3) is 10.9 Å². The minimum atomic E-state index is -0.615. The molecule has 1 unspecified atom stereocenters. The molecule has 0 aliphatic rings. The van der Waals surface area contributed by atoms with Gasteiger partial charge in [-0.1, -0.05) is 6.07 Å². The molecule has 138 valence electrons. The predicted octanol–water partition coefficient (Wildman–Crippen LogP) is 3.15. The molecular formula is C18H16N4O5. The zero-order valence-corrected chi connectivity index (χ0v) is 14.3. The van der Waals surface area contributed by atoms with Crippen LogP contribution in [0.2, 0.25) is 0 Å². The van der Waals surface area contributed by atoms with E-state index in [-0.39, 0.29) is 5.69 Å². The van der Waals surface area contributed by atoms with Gasteiger partial charge in [-0.3, -0.25) is 19.7 Å². The number of fused-ring (bicyclic) bond motifs is 1. The monoisotopic (exact) mass is 368 g/mol. The molecule has 3 aromatic rings. The lowest BCUT2D eigenvalue weighted by molar-refractivity contribution is -0.383. The van der Waals surface area contributed by atoms with Crippen LogP contribution in [0.15, 0.2) is 42.6 Å². The van der Waals surface area contributed by atoms with E-state index in [1.54, 1.807) is 43.5 Å². The zero-order valence-electron chi connectivity index (χ0n) is 14.3. The largest absolute Gasteiger partial charge is 0.460 e. The molecule has 0 aliphatic carbocycles. The Morgan fingerprint density at radius 2 is 2.15 bits per heavy atom. The number of anilines is 2. The van der Waals surface area contributed by atoms with Crippen molar-refractivity contribution < 1.29 is 19.2 Å². The molecule has 0 fully saturated rings. The number of nitrogens with zero attached hydrogens (tertiary/aromatic N) is 1. The van der Waals surface area contributed by atoms with Crippen molar-refractivity contribution in [1.82, 2.24) is 4.98 Å². The quantitative estimate of drug-likeness (QED) is 0.332. The highest BCUT2D eigenvalue weighted by atomic mass is 16.6. The number of ether oxygens (including phenoxy) is 1. The van der Waals surface area contributed by atoms with Gasteiger partial charge in [0.25, 0.3) is 12.2 Å². The lowest BCUT2D eigenvalue weighted by atomic mass is 10.1. The molecule has 27 heavy (non-hydrogen) atoms. The Morgan fingerprint density at radius 3 is 2.81 bits per heavy atom. The highest BCUT2D eigenvalue weighted by Crippen LogP contribution is 2.38. The third-order valence-corrected chi connectivity index (χ3v) is 4.16. The molecule has 1 aromatic heterocycles. The number of nitro groups is 1. The number of hydrogen-bond acceptors (Lipinski definition) is 6. The molecule has 1 amide bonds. The van der Waals surface area contributed by atoms with E-state index in [1.165, 1.54) is 6.07 Å². The van der Waals surface area contributed by atoms with E-state index in [9.17, 15) is 19.7 Å². The van der Waals surface area contributed by atoms with Gasteiger partial charge < -0.3 is 20.8 Å². The summed E-state index contributed by atoms with van der Waals surface area (Å²) in [5.74, 6) is -0.567. The lowest BCUT2D eigenvalue weighted by Gasteiger charge is -2.13. The summed E-state index contributed by atoms with van der Waals surface area (Å²) in [6, 6.07) is 9.49. The van der Waals surface area contributed by atoms with E-state index in [0.29, 0.717) is 39.9 Å². The molecule has 9 nitrogen and oxygen atoms in total. The standard InChI is InChI=1S/C18H16N4O5/c1-10(27-9-23)13-8-20-17-15(22(25)26)6-5-14(16(13)17)21-12-4-2-3-11(7-12)18(19)24/h2-10,20-21H,1H3,(H2,19,24). The molecule has 9 heteroatoms. The summed E-state index contributed by atoms with van der Waals surface area (Å²) in [5, 5.41) is 15.0. The third-order valence-electron chi connectivity index (χ3n) is 4.16. The minimum absolute atomic E-state index is 0.106. The molecule has 3 rings (SSSR count). The second-order valence-corrected chi connectivity index (χ2v) is 5.83. The van der Waals surface area contributed by atoms with Crippen LogP contribution in [0.3, 0.4) is 0 Å². The first kappa shape index (κ1) is 17.9. The second-order valence-electron chi connectivity index (χ2n) is 5.83. The fourth-order valence-electron chi connectivity index (χ4n) is 2.90. The average molecular weight is 368 g/mol. The molecule has 0 spiro atoms. The van der Waals surface area contributed by atoms with E-state index in [0.717, 1.165) is 0 Å². The van der Waals surface area contributed by atoms with Gasteiger partial charge in [-0.05, 0) is 31.2 Å². The molecule has 0 saturated heterocycles. The van der Waals surface area contributed by atoms with Gasteiger partial charge in [0, 0.05) is 40.2 Å². The van der Waals surface area contributed by atoms with Gasteiger partial charge in [-0.25, -0.2) is 0 Å². The highest BCUT2D eigenvalue weighted by molar-refractivity contribution is 6.02.